The van der Waals surface area contributed by atoms with Crippen LogP contribution in [0.3, 0.4) is 0 Å². The van der Waals surface area contributed by atoms with Gasteiger partial charge in [0.1, 0.15) is 5.60 Å². The monoisotopic (exact) mass is 230 g/mol. The number of nitrogens with two attached hydrogens (primary N) is 1. The van der Waals surface area contributed by atoms with E-state index in [1.165, 1.54) is 0 Å². The van der Waals surface area contributed by atoms with Gasteiger partial charge in [-0.05, 0) is 33.6 Å². The van der Waals surface area contributed by atoms with Crippen molar-refractivity contribution >= 4 is 6.09 Å². The molecule has 1 rings (SSSR count). The van der Waals surface area contributed by atoms with Gasteiger partial charge in [0.2, 0.25) is 0 Å². The van der Waals surface area contributed by atoms with E-state index < -0.39 is 11.7 Å². The molecular formula is C11H22N2O3. The molecule has 0 bridgehead atoms. The molecule has 1 atom stereocenters. The Balaban J connectivity index is 2.52. The molecule has 0 aromatic heterocycles. The molecule has 0 aromatic rings. The highest BCUT2D eigenvalue weighted by Crippen LogP contribution is 2.28. The van der Waals surface area contributed by atoms with E-state index in [4.69, 9.17) is 10.5 Å². The highest BCUT2D eigenvalue weighted by Gasteiger charge is 2.35. The molecule has 5 nitrogen and oxygen atoms in total. The SMILES string of the molecule is CC(C)(C)OC(=O)N(CC(O)CN)C1CC1. The third-order valence-electron chi connectivity index (χ3n) is 2.30. The van der Waals surface area contributed by atoms with Crippen LogP contribution in [0.15, 0.2) is 0 Å². The number of carbonyl (C=O) groups excluding carboxylic acids is 1. The van der Waals surface area contributed by atoms with Crippen LogP contribution in [0.4, 0.5) is 4.79 Å². The zero-order valence-corrected chi connectivity index (χ0v) is 10.3. The number of nitrogens with zero attached hydrogens (tertiary/aromatic N) is 1. The molecule has 1 unspecified atom stereocenters. The van der Waals surface area contributed by atoms with Crippen LogP contribution in [0.2, 0.25) is 0 Å². The Kier molecular flexibility index (Phi) is 4.15. The predicted octanol–water partition coefficient (Wildman–Crippen LogP) is 0.706. The van der Waals surface area contributed by atoms with Gasteiger partial charge in [0.05, 0.1) is 12.6 Å². The Labute approximate surface area is 96.6 Å². The zero-order chi connectivity index (χ0) is 12.3. The van der Waals surface area contributed by atoms with Crippen LogP contribution < -0.4 is 5.73 Å². The number of amides is 1. The van der Waals surface area contributed by atoms with Crippen LogP contribution in [-0.2, 0) is 4.74 Å². The molecule has 16 heavy (non-hydrogen) atoms. The lowest BCUT2D eigenvalue weighted by Gasteiger charge is -2.28. The van der Waals surface area contributed by atoms with Gasteiger partial charge < -0.3 is 20.5 Å². The normalized spacial score (nSPS) is 18.1. The van der Waals surface area contributed by atoms with Crippen molar-refractivity contribution in [3.8, 4) is 0 Å². The topological polar surface area (TPSA) is 75.8 Å². The number of hydrogen-bond donors (Lipinski definition) is 2. The highest BCUT2D eigenvalue weighted by molar-refractivity contribution is 5.69. The van der Waals surface area contributed by atoms with E-state index in [2.05, 4.69) is 0 Å². The maximum absolute atomic E-state index is 11.8. The summed E-state index contributed by atoms with van der Waals surface area (Å²) >= 11 is 0. The van der Waals surface area contributed by atoms with E-state index in [-0.39, 0.29) is 25.2 Å². The summed E-state index contributed by atoms with van der Waals surface area (Å²) in [5.74, 6) is 0. The van der Waals surface area contributed by atoms with Gasteiger partial charge in [0.15, 0.2) is 0 Å². The van der Waals surface area contributed by atoms with Crippen LogP contribution in [0.25, 0.3) is 0 Å². The number of ether oxygens (including phenoxy) is 1. The van der Waals surface area contributed by atoms with Crippen molar-refractivity contribution in [3.05, 3.63) is 0 Å². The van der Waals surface area contributed by atoms with Crippen molar-refractivity contribution in [1.82, 2.24) is 4.90 Å². The summed E-state index contributed by atoms with van der Waals surface area (Å²) in [5, 5.41) is 9.48. The summed E-state index contributed by atoms with van der Waals surface area (Å²) < 4.78 is 5.28. The van der Waals surface area contributed by atoms with Gasteiger partial charge in [-0.1, -0.05) is 0 Å². The highest BCUT2D eigenvalue weighted by atomic mass is 16.6. The van der Waals surface area contributed by atoms with Crippen molar-refractivity contribution in [2.75, 3.05) is 13.1 Å². The van der Waals surface area contributed by atoms with E-state index in [9.17, 15) is 9.90 Å². The van der Waals surface area contributed by atoms with Gasteiger partial charge in [-0.15, -0.1) is 0 Å². The summed E-state index contributed by atoms with van der Waals surface area (Å²) in [7, 11) is 0. The van der Waals surface area contributed by atoms with Gasteiger partial charge in [-0.25, -0.2) is 4.79 Å². The van der Waals surface area contributed by atoms with Gasteiger partial charge in [-0.3, -0.25) is 0 Å². The summed E-state index contributed by atoms with van der Waals surface area (Å²) in [5.41, 5.74) is 4.84. The van der Waals surface area contributed by atoms with Crippen LogP contribution in [0, 0.1) is 0 Å². The van der Waals surface area contributed by atoms with E-state index in [1.54, 1.807) is 4.90 Å². The fourth-order valence-corrected chi connectivity index (χ4v) is 1.38. The summed E-state index contributed by atoms with van der Waals surface area (Å²) in [4.78, 5) is 13.4. The summed E-state index contributed by atoms with van der Waals surface area (Å²) in [6.45, 7) is 5.90. The third-order valence-corrected chi connectivity index (χ3v) is 2.30. The van der Waals surface area contributed by atoms with Crippen LogP contribution in [-0.4, -0.2) is 46.9 Å². The molecule has 1 aliphatic rings. The third kappa shape index (κ3) is 4.37. The van der Waals surface area contributed by atoms with E-state index in [1.807, 2.05) is 20.8 Å². The molecule has 94 valence electrons. The second-order valence-electron chi connectivity index (χ2n) is 5.25. The maximum Gasteiger partial charge on any atom is 0.410 e. The number of hydrogen-bond acceptors (Lipinski definition) is 4. The average molecular weight is 230 g/mol. The van der Waals surface area contributed by atoms with Gasteiger partial charge in [0.25, 0.3) is 0 Å². The Bertz CT molecular complexity index is 246. The number of aliphatic hydroxyl groups is 1. The van der Waals surface area contributed by atoms with Gasteiger partial charge in [0, 0.05) is 12.6 Å². The number of carbonyl (C=O) groups is 1. The van der Waals surface area contributed by atoms with Crippen molar-refractivity contribution < 1.29 is 14.6 Å². The van der Waals surface area contributed by atoms with Crippen molar-refractivity contribution in [3.63, 3.8) is 0 Å². The van der Waals surface area contributed by atoms with E-state index in [0.29, 0.717) is 0 Å². The Morgan fingerprint density at radius 2 is 2.12 bits per heavy atom. The number of rotatable bonds is 4. The second kappa shape index (κ2) is 5.01. The van der Waals surface area contributed by atoms with E-state index in [0.717, 1.165) is 12.8 Å². The minimum atomic E-state index is -0.673. The summed E-state index contributed by atoms with van der Waals surface area (Å²) in [6, 6.07) is 0.219. The van der Waals surface area contributed by atoms with Crippen molar-refractivity contribution in [2.24, 2.45) is 5.73 Å². The first-order valence-electron chi connectivity index (χ1n) is 5.71. The second-order valence-corrected chi connectivity index (χ2v) is 5.25. The van der Waals surface area contributed by atoms with Crippen LogP contribution in [0.1, 0.15) is 33.6 Å². The fraction of sp³-hybridized carbons (Fsp3) is 0.909. The Hall–Kier alpha value is -0.810. The van der Waals surface area contributed by atoms with Crippen molar-refractivity contribution in [1.29, 1.82) is 0 Å². The van der Waals surface area contributed by atoms with Gasteiger partial charge >= 0.3 is 6.09 Å². The first-order valence-corrected chi connectivity index (χ1v) is 5.71. The first-order chi connectivity index (χ1) is 7.33. The van der Waals surface area contributed by atoms with Crippen molar-refractivity contribution in [2.45, 2.75) is 51.4 Å². The lowest BCUT2D eigenvalue weighted by atomic mass is 10.2. The standard InChI is InChI=1S/C11H22N2O3/c1-11(2,3)16-10(15)13(8-4-5-8)7-9(14)6-12/h8-9,14H,4-7,12H2,1-3H3. The van der Waals surface area contributed by atoms with E-state index >= 15 is 0 Å². The molecule has 0 saturated heterocycles. The molecule has 1 amide bonds. The molecule has 1 aliphatic carbocycles. The molecule has 0 spiro atoms. The smallest absolute Gasteiger partial charge is 0.410 e. The van der Waals surface area contributed by atoms with Crippen LogP contribution in [0.5, 0.6) is 0 Å². The molecular weight excluding hydrogens is 208 g/mol. The van der Waals surface area contributed by atoms with Crippen LogP contribution >= 0.6 is 0 Å². The first kappa shape index (κ1) is 13.3. The molecule has 0 aliphatic heterocycles. The summed E-state index contributed by atoms with van der Waals surface area (Å²) in [6.07, 6.45) is 0.934. The Morgan fingerprint density at radius 3 is 2.50 bits per heavy atom. The quantitative estimate of drug-likeness (QED) is 0.745. The molecule has 5 heteroatoms. The minimum absolute atomic E-state index is 0.159. The molecule has 0 aromatic carbocycles. The fourth-order valence-electron chi connectivity index (χ4n) is 1.38. The maximum atomic E-state index is 11.8. The molecule has 3 N–H and O–H groups in total. The number of aliphatic hydroxyl groups excluding tert-OH is 1. The zero-order valence-electron chi connectivity index (χ0n) is 10.3. The lowest BCUT2D eigenvalue weighted by molar-refractivity contribution is 0.0135. The van der Waals surface area contributed by atoms with Gasteiger partial charge in [-0.2, -0.15) is 0 Å². The minimum Gasteiger partial charge on any atom is -0.444 e. The molecule has 1 saturated carbocycles. The average Bonchev–Trinajstić information content (AvgIpc) is 2.93. The Morgan fingerprint density at radius 1 is 1.56 bits per heavy atom. The molecule has 0 heterocycles. The molecule has 0 radical (unpaired) electrons. The molecule has 1 fully saturated rings. The predicted molar refractivity (Wildman–Crippen MR) is 61.0 cm³/mol. The lowest BCUT2D eigenvalue weighted by Crippen LogP contribution is -2.44. The largest absolute Gasteiger partial charge is 0.444 e.